The number of benzene rings is 1. The van der Waals surface area contributed by atoms with E-state index in [9.17, 15) is 4.79 Å². The molecule has 2 nitrogen and oxygen atoms in total. The topological polar surface area (TPSA) is 20.3 Å². The zero-order valence-corrected chi connectivity index (χ0v) is 8.16. The molecule has 2 heteroatoms. The van der Waals surface area contributed by atoms with Crippen LogP contribution in [0, 0.1) is 6.92 Å². The summed E-state index contributed by atoms with van der Waals surface area (Å²) in [5.74, 6) is 0. The fraction of sp³-hybridized carbons (Fsp3) is 0.364. The number of hydrogen-bond donors (Lipinski definition) is 0. The van der Waals surface area contributed by atoms with Gasteiger partial charge in [0.1, 0.15) is 6.29 Å². The van der Waals surface area contributed by atoms with Crippen molar-refractivity contribution in [1.82, 2.24) is 4.90 Å². The molecule has 0 heterocycles. The molecule has 1 aromatic carbocycles. The van der Waals surface area contributed by atoms with Crippen LogP contribution >= 0.6 is 0 Å². The molecule has 0 aliphatic heterocycles. The lowest BCUT2D eigenvalue weighted by atomic mass is 10.1. The van der Waals surface area contributed by atoms with E-state index in [1.807, 2.05) is 11.9 Å². The Labute approximate surface area is 79.2 Å². The molecule has 0 spiro atoms. The number of nitrogens with zero attached hydrogens (tertiary/aromatic N) is 1. The van der Waals surface area contributed by atoms with Gasteiger partial charge in [-0.1, -0.05) is 29.8 Å². The van der Waals surface area contributed by atoms with Crippen molar-refractivity contribution >= 4 is 6.29 Å². The van der Waals surface area contributed by atoms with Gasteiger partial charge in [-0.15, -0.1) is 0 Å². The molecule has 0 fully saturated rings. The van der Waals surface area contributed by atoms with E-state index in [1.165, 1.54) is 11.1 Å². The highest BCUT2D eigenvalue weighted by molar-refractivity contribution is 5.51. The van der Waals surface area contributed by atoms with Crippen LogP contribution in [0.3, 0.4) is 0 Å². The highest BCUT2D eigenvalue weighted by atomic mass is 16.1. The summed E-state index contributed by atoms with van der Waals surface area (Å²) < 4.78 is 0. The van der Waals surface area contributed by atoms with Gasteiger partial charge < -0.3 is 4.79 Å². The molecule has 0 unspecified atom stereocenters. The van der Waals surface area contributed by atoms with E-state index in [2.05, 4.69) is 31.2 Å². The van der Waals surface area contributed by atoms with Crippen LogP contribution in [0.2, 0.25) is 0 Å². The fourth-order valence-electron chi connectivity index (χ4n) is 1.20. The highest BCUT2D eigenvalue weighted by Gasteiger charge is 1.97. The first kappa shape index (κ1) is 9.93. The predicted molar refractivity (Wildman–Crippen MR) is 53.6 cm³/mol. The van der Waals surface area contributed by atoms with Crippen LogP contribution < -0.4 is 0 Å². The van der Waals surface area contributed by atoms with Crippen molar-refractivity contribution in [1.29, 1.82) is 0 Å². The third kappa shape index (κ3) is 3.38. The average Bonchev–Trinajstić information content (AvgIpc) is 2.09. The van der Waals surface area contributed by atoms with Gasteiger partial charge in [0.15, 0.2) is 0 Å². The first-order valence-corrected chi connectivity index (χ1v) is 4.40. The number of carbonyl (C=O) groups excluding carboxylic acids is 1. The van der Waals surface area contributed by atoms with E-state index in [-0.39, 0.29) is 0 Å². The van der Waals surface area contributed by atoms with Crippen LogP contribution in [0.25, 0.3) is 0 Å². The number of aldehydes is 1. The van der Waals surface area contributed by atoms with Gasteiger partial charge in [-0.2, -0.15) is 0 Å². The smallest absolute Gasteiger partial charge is 0.133 e. The number of rotatable bonds is 4. The van der Waals surface area contributed by atoms with Gasteiger partial charge >= 0.3 is 0 Å². The number of aryl methyl sites for hydroxylation is 1. The molecule has 0 saturated heterocycles. The minimum Gasteiger partial charge on any atom is -0.302 e. The lowest BCUT2D eigenvalue weighted by Crippen LogP contribution is -2.19. The molecule has 0 amide bonds. The Morgan fingerprint density at radius 1 is 1.31 bits per heavy atom. The Bertz CT molecular complexity index is 266. The number of likely N-dealkylation sites (N-methyl/N-ethyl adjacent to an activating group) is 1. The van der Waals surface area contributed by atoms with Crippen LogP contribution in [0.5, 0.6) is 0 Å². The molecule has 0 radical (unpaired) electrons. The largest absolute Gasteiger partial charge is 0.302 e. The lowest BCUT2D eigenvalue weighted by Gasteiger charge is -2.12. The second kappa shape index (κ2) is 4.77. The molecule has 0 atom stereocenters. The van der Waals surface area contributed by atoms with Crippen LogP contribution in [-0.2, 0) is 11.3 Å². The lowest BCUT2D eigenvalue weighted by molar-refractivity contribution is -0.108. The molecule has 0 aliphatic rings. The summed E-state index contributed by atoms with van der Waals surface area (Å²) in [7, 11) is 1.94. The summed E-state index contributed by atoms with van der Waals surface area (Å²) >= 11 is 0. The third-order valence-electron chi connectivity index (χ3n) is 1.96. The van der Waals surface area contributed by atoms with Crippen molar-refractivity contribution in [2.24, 2.45) is 0 Å². The maximum atomic E-state index is 10.2. The molecule has 70 valence electrons. The second-order valence-corrected chi connectivity index (χ2v) is 3.35. The summed E-state index contributed by atoms with van der Waals surface area (Å²) in [6, 6.07) is 8.36. The first-order valence-electron chi connectivity index (χ1n) is 4.40. The van der Waals surface area contributed by atoms with Crippen LogP contribution in [0.4, 0.5) is 0 Å². The zero-order valence-electron chi connectivity index (χ0n) is 8.16. The maximum Gasteiger partial charge on any atom is 0.133 e. The van der Waals surface area contributed by atoms with Crippen molar-refractivity contribution in [2.45, 2.75) is 13.5 Å². The van der Waals surface area contributed by atoms with Crippen LogP contribution in [0.1, 0.15) is 11.1 Å². The summed E-state index contributed by atoms with van der Waals surface area (Å²) in [4.78, 5) is 12.2. The Balaban J connectivity index is 2.53. The fourth-order valence-corrected chi connectivity index (χ4v) is 1.20. The predicted octanol–water partition coefficient (Wildman–Crippen LogP) is 1.63. The Hall–Kier alpha value is -1.15. The van der Waals surface area contributed by atoms with Crippen molar-refractivity contribution in [3.8, 4) is 0 Å². The van der Waals surface area contributed by atoms with Crippen molar-refractivity contribution in [3.05, 3.63) is 35.4 Å². The molecule has 1 rings (SSSR count). The molecule has 0 aliphatic carbocycles. The van der Waals surface area contributed by atoms with Gasteiger partial charge in [0.05, 0.1) is 6.54 Å². The van der Waals surface area contributed by atoms with Crippen molar-refractivity contribution in [3.63, 3.8) is 0 Å². The van der Waals surface area contributed by atoms with E-state index in [4.69, 9.17) is 0 Å². The standard InChI is InChI=1S/C11H15NO/c1-10-3-5-11(6-4-10)9-12(2)7-8-13/h3-6,8H,7,9H2,1-2H3. The highest BCUT2D eigenvalue weighted by Crippen LogP contribution is 2.04. The SMILES string of the molecule is Cc1ccc(CN(C)CC=O)cc1. The van der Waals surface area contributed by atoms with Gasteiger partial charge in [-0.25, -0.2) is 0 Å². The third-order valence-corrected chi connectivity index (χ3v) is 1.96. The molecule has 1 aromatic rings. The average molecular weight is 177 g/mol. The number of hydrogen-bond acceptors (Lipinski definition) is 2. The minimum absolute atomic E-state index is 0.494. The van der Waals surface area contributed by atoms with Gasteiger partial charge in [0.25, 0.3) is 0 Å². The summed E-state index contributed by atoms with van der Waals surface area (Å²) in [6.45, 7) is 3.39. The molecule has 0 aromatic heterocycles. The van der Waals surface area contributed by atoms with Gasteiger partial charge in [-0.05, 0) is 19.5 Å². The van der Waals surface area contributed by atoms with E-state index in [0.29, 0.717) is 6.54 Å². The van der Waals surface area contributed by atoms with E-state index >= 15 is 0 Å². The first-order chi connectivity index (χ1) is 6.22. The molecule has 13 heavy (non-hydrogen) atoms. The maximum absolute atomic E-state index is 10.2. The molecular formula is C11H15NO. The quantitative estimate of drug-likeness (QED) is 0.651. The van der Waals surface area contributed by atoms with Crippen LogP contribution in [0.15, 0.2) is 24.3 Å². The molecule has 0 saturated carbocycles. The van der Waals surface area contributed by atoms with Gasteiger partial charge in [-0.3, -0.25) is 4.90 Å². The Morgan fingerprint density at radius 2 is 1.92 bits per heavy atom. The van der Waals surface area contributed by atoms with E-state index < -0.39 is 0 Å². The molecule has 0 N–H and O–H groups in total. The van der Waals surface area contributed by atoms with E-state index in [0.717, 1.165) is 12.8 Å². The van der Waals surface area contributed by atoms with Gasteiger partial charge in [0, 0.05) is 6.54 Å². The zero-order chi connectivity index (χ0) is 9.68. The van der Waals surface area contributed by atoms with Crippen molar-refractivity contribution < 1.29 is 4.79 Å². The minimum atomic E-state index is 0.494. The van der Waals surface area contributed by atoms with E-state index in [1.54, 1.807) is 0 Å². The normalized spacial score (nSPS) is 10.4. The monoisotopic (exact) mass is 177 g/mol. The van der Waals surface area contributed by atoms with Crippen molar-refractivity contribution in [2.75, 3.05) is 13.6 Å². The second-order valence-electron chi connectivity index (χ2n) is 3.35. The molecular weight excluding hydrogens is 162 g/mol. The summed E-state index contributed by atoms with van der Waals surface area (Å²) in [6.07, 6.45) is 0.925. The van der Waals surface area contributed by atoms with Crippen LogP contribution in [-0.4, -0.2) is 24.8 Å². The van der Waals surface area contributed by atoms with Gasteiger partial charge in [0.2, 0.25) is 0 Å². The number of carbonyl (C=O) groups is 1. The Morgan fingerprint density at radius 3 is 2.46 bits per heavy atom. The summed E-state index contributed by atoms with van der Waals surface area (Å²) in [5, 5.41) is 0. The summed E-state index contributed by atoms with van der Waals surface area (Å²) in [5.41, 5.74) is 2.51. The molecule has 0 bridgehead atoms. The Kier molecular flexibility index (Phi) is 3.65.